The van der Waals surface area contributed by atoms with Gasteiger partial charge in [0.1, 0.15) is 0 Å². The second-order valence-corrected chi connectivity index (χ2v) is 7.51. The standard InChI is InChI=1S/C11H22N2O2S/c1-10-7-12-8-11(10)9-13-3-2-5-16(14,15)6-4-13/h10-12H,2-9H2,1H3/t10-,11+/m1/s1. The maximum atomic E-state index is 11.5. The van der Waals surface area contributed by atoms with E-state index < -0.39 is 9.84 Å². The van der Waals surface area contributed by atoms with Crippen molar-refractivity contribution < 1.29 is 8.42 Å². The SMILES string of the molecule is C[C@@H]1CNC[C@H]1CN1CCCS(=O)(=O)CC1. The summed E-state index contributed by atoms with van der Waals surface area (Å²) in [6.45, 7) is 7.21. The Labute approximate surface area is 98.3 Å². The van der Waals surface area contributed by atoms with Gasteiger partial charge in [-0.3, -0.25) is 0 Å². The zero-order chi connectivity index (χ0) is 11.6. The molecule has 2 aliphatic rings. The molecular formula is C11H22N2O2S. The molecule has 2 atom stereocenters. The van der Waals surface area contributed by atoms with E-state index in [0.717, 1.165) is 45.1 Å². The third kappa shape index (κ3) is 3.18. The van der Waals surface area contributed by atoms with E-state index in [1.54, 1.807) is 0 Å². The number of nitrogens with zero attached hydrogens (tertiary/aromatic N) is 1. The summed E-state index contributed by atoms with van der Waals surface area (Å²) in [6, 6.07) is 0. The van der Waals surface area contributed by atoms with Gasteiger partial charge in [0.05, 0.1) is 11.5 Å². The second-order valence-electron chi connectivity index (χ2n) is 5.20. The Balaban J connectivity index is 1.86. The first-order valence-electron chi connectivity index (χ1n) is 6.20. The summed E-state index contributed by atoms with van der Waals surface area (Å²) in [4.78, 5) is 2.33. The molecule has 94 valence electrons. The van der Waals surface area contributed by atoms with E-state index in [9.17, 15) is 8.42 Å². The summed E-state index contributed by atoms with van der Waals surface area (Å²) >= 11 is 0. The highest BCUT2D eigenvalue weighted by Gasteiger charge is 2.27. The van der Waals surface area contributed by atoms with Crippen molar-refractivity contribution in [3.8, 4) is 0 Å². The van der Waals surface area contributed by atoms with Crippen LogP contribution in [0.4, 0.5) is 0 Å². The summed E-state index contributed by atoms with van der Waals surface area (Å²) < 4.78 is 23.0. The van der Waals surface area contributed by atoms with Crippen LogP contribution in [0.5, 0.6) is 0 Å². The molecule has 5 heteroatoms. The quantitative estimate of drug-likeness (QED) is 0.743. The molecule has 0 saturated carbocycles. The Kier molecular flexibility index (Phi) is 3.87. The van der Waals surface area contributed by atoms with Crippen LogP contribution in [0, 0.1) is 11.8 Å². The minimum absolute atomic E-state index is 0.349. The first kappa shape index (κ1) is 12.3. The average Bonchev–Trinajstić information content (AvgIpc) is 2.52. The van der Waals surface area contributed by atoms with Gasteiger partial charge in [0.2, 0.25) is 0 Å². The molecule has 0 spiro atoms. The van der Waals surface area contributed by atoms with Crippen molar-refractivity contribution in [2.75, 3.05) is 44.2 Å². The highest BCUT2D eigenvalue weighted by Crippen LogP contribution is 2.18. The summed E-state index contributed by atoms with van der Waals surface area (Å²) in [7, 11) is -2.76. The molecule has 2 rings (SSSR count). The monoisotopic (exact) mass is 246 g/mol. The highest BCUT2D eigenvalue weighted by atomic mass is 32.2. The summed E-state index contributed by atoms with van der Waals surface area (Å²) in [5, 5.41) is 3.40. The number of rotatable bonds is 2. The molecule has 0 aromatic carbocycles. The molecule has 0 amide bonds. The first-order chi connectivity index (χ1) is 7.57. The van der Waals surface area contributed by atoms with E-state index in [1.165, 1.54) is 0 Å². The van der Waals surface area contributed by atoms with Crippen molar-refractivity contribution in [2.45, 2.75) is 13.3 Å². The van der Waals surface area contributed by atoms with E-state index in [0.29, 0.717) is 17.4 Å². The van der Waals surface area contributed by atoms with Crippen LogP contribution in [-0.4, -0.2) is 57.5 Å². The molecule has 0 aliphatic carbocycles. The summed E-state index contributed by atoms with van der Waals surface area (Å²) in [6.07, 6.45) is 0.802. The van der Waals surface area contributed by atoms with E-state index in [-0.39, 0.29) is 0 Å². The fourth-order valence-corrected chi connectivity index (χ4v) is 3.92. The smallest absolute Gasteiger partial charge is 0.151 e. The predicted octanol–water partition coefficient (Wildman–Crippen LogP) is -0.0376. The molecule has 2 saturated heterocycles. The van der Waals surface area contributed by atoms with Crippen molar-refractivity contribution in [1.29, 1.82) is 0 Å². The zero-order valence-corrected chi connectivity index (χ0v) is 10.8. The average molecular weight is 246 g/mol. The Morgan fingerprint density at radius 3 is 2.75 bits per heavy atom. The van der Waals surface area contributed by atoms with Gasteiger partial charge in [0.25, 0.3) is 0 Å². The minimum Gasteiger partial charge on any atom is -0.316 e. The lowest BCUT2D eigenvalue weighted by Crippen LogP contribution is -2.34. The second kappa shape index (κ2) is 5.02. The molecule has 0 radical (unpaired) electrons. The number of nitrogens with one attached hydrogen (secondary N) is 1. The molecule has 2 heterocycles. The van der Waals surface area contributed by atoms with Crippen molar-refractivity contribution in [1.82, 2.24) is 10.2 Å². The molecule has 0 aromatic rings. The third-order valence-electron chi connectivity index (χ3n) is 3.82. The summed E-state index contributed by atoms with van der Waals surface area (Å²) in [5.41, 5.74) is 0. The Morgan fingerprint density at radius 1 is 1.25 bits per heavy atom. The lowest BCUT2D eigenvalue weighted by atomic mass is 9.97. The Hall–Kier alpha value is -0.130. The molecule has 4 nitrogen and oxygen atoms in total. The maximum absolute atomic E-state index is 11.5. The van der Waals surface area contributed by atoms with Crippen LogP contribution in [0.3, 0.4) is 0 Å². The van der Waals surface area contributed by atoms with Crippen molar-refractivity contribution in [2.24, 2.45) is 11.8 Å². The first-order valence-corrected chi connectivity index (χ1v) is 8.02. The van der Waals surface area contributed by atoms with Crippen LogP contribution in [0.25, 0.3) is 0 Å². The fourth-order valence-electron chi connectivity index (χ4n) is 2.61. The van der Waals surface area contributed by atoms with E-state index in [4.69, 9.17) is 0 Å². The number of hydrogen-bond acceptors (Lipinski definition) is 4. The predicted molar refractivity (Wildman–Crippen MR) is 65.2 cm³/mol. The van der Waals surface area contributed by atoms with Gasteiger partial charge in [-0.15, -0.1) is 0 Å². The summed E-state index contributed by atoms with van der Waals surface area (Å²) in [5.74, 6) is 2.14. The van der Waals surface area contributed by atoms with Gasteiger partial charge in [-0.1, -0.05) is 6.92 Å². The van der Waals surface area contributed by atoms with Crippen LogP contribution in [-0.2, 0) is 9.84 Å². The van der Waals surface area contributed by atoms with Crippen LogP contribution >= 0.6 is 0 Å². The van der Waals surface area contributed by atoms with E-state index in [2.05, 4.69) is 17.1 Å². The minimum atomic E-state index is -2.76. The van der Waals surface area contributed by atoms with Crippen LogP contribution in [0.1, 0.15) is 13.3 Å². The molecule has 0 aromatic heterocycles. The fraction of sp³-hybridized carbons (Fsp3) is 1.00. The third-order valence-corrected chi connectivity index (χ3v) is 5.53. The van der Waals surface area contributed by atoms with Gasteiger partial charge in [0, 0.05) is 13.1 Å². The van der Waals surface area contributed by atoms with Gasteiger partial charge in [0.15, 0.2) is 9.84 Å². The molecule has 16 heavy (non-hydrogen) atoms. The Morgan fingerprint density at radius 2 is 2.06 bits per heavy atom. The molecule has 2 aliphatic heterocycles. The number of hydrogen-bond donors (Lipinski definition) is 1. The van der Waals surface area contributed by atoms with E-state index >= 15 is 0 Å². The van der Waals surface area contributed by atoms with Crippen molar-refractivity contribution in [3.05, 3.63) is 0 Å². The largest absolute Gasteiger partial charge is 0.316 e. The van der Waals surface area contributed by atoms with Crippen LogP contribution in [0.2, 0.25) is 0 Å². The highest BCUT2D eigenvalue weighted by molar-refractivity contribution is 7.91. The van der Waals surface area contributed by atoms with Crippen LogP contribution < -0.4 is 5.32 Å². The van der Waals surface area contributed by atoms with Gasteiger partial charge in [-0.05, 0) is 37.9 Å². The zero-order valence-electron chi connectivity index (χ0n) is 9.98. The number of sulfone groups is 1. The van der Waals surface area contributed by atoms with E-state index in [1.807, 2.05) is 0 Å². The molecular weight excluding hydrogens is 224 g/mol. The maximum Gasteiger partial charge on any atom is 0.151 e. The normalized spacial score (nSPS) is 36.1. The van der Waals surface area contributed by atoms with Crippen molar-refractivity contribution in [3.63, 3.8) is 0 Å². The molecule has 2 fully saturated rings. The van der Waals surface area contributed by atoms with Gasteiger partial charge >= 0.3 is 0 Å². The van der Waals surface area contributed by atoms with Crippen LogP contribution in [0.15, 0.2) is 0 Å². The Bertz CT molecular complexity index is 329. The van der Waals surface area contributed by atoms with Gasteiger partial charge < -0.3 is 10.2 Å². The van der Waals surface area contributed by atoms with Gasteiger partial charge in [-0.2, -0.15) is 0 Å². The lowest BCUT2D eigenvalue weighted by Gasteiger charge is -2.24. The van der Waals surface area contributed by atoms with Gasteiger partial charge in [-0.25, -0.2) is 8.42 Å². The van der Waals surface area contributed by atoms with Crippen molar-refractivity contribution >= 4 is 9.84 Å². The topological polar surface area (TPSA) is 49.4 Å². The molecule has 0 unspecified atom stereocenters. The lowest BCUT2D eigenvalue weighted by molar-refractivity contribution is 0.232. The molecule has 0 bridgehead atoms. The molecule has 1 N–H and O–H groups in total.